The van der Waals surface area contributed by atoms with Crippen LogP contribution in [0.15, 0.2) is 29.3 Å². The molecule has 0 aromatic heterocycles. The van der Waals surface area contributed by atoms with Crippen molar-refractivity contribution in [2.45, 2.75) is 96.6 Å². The Hall–Kier alpha value is -2.61. The highest BCUT2D eigenvalue weighted by molar-refractivity contribution is 6.39. The third-order valence-corrected chi connectivity index (χ3v) is 9.59. The van der Waals surface area contributed by atoms with Crippen molar-refractivity contribution in [1.82, 2.24) is 14.7 Å². The molecule has 0 spiro atoms. The normalized spacial score (nSPS) is 25.6. The van der Waals surface area contributed by atoms with Gasteiger partial charge >= 0.3 is 6.09 Å². The van der Waals surface area contributed by atoms with Crippen LogP contribution in [0.3, 0.4) is 0 Å². The lowest BCUT2D eigenvalue weighted by Gasteiger charge is -2.38. The van der Waals surface area contributed by atoms with Gasteiger partial charge in [0.25, 0.3) is 5.91 Å². The second-order valence-corrected chi connectivity index (χ2v) is 13.9. The van der Waals surface area contributed by atoms with E-state index in [2.05, 4.69) is 4.90 Å². The molecular weight excluding hydrogens is 514 g/mol. The van der Waals surface area contributed by atoms with Crippen LogP contribution in [-0.4, -0.2) is 83.3 Å². The number of nitrogens with two attached hydrogens (primary N) is 1. The fourth-order valence-corrected chi connectivity index (χ4v) is 7.33. The first-order valence-electron chi connectivity index (χ1n) is 16.1. The molecule has 4 fully saturated rings. The van der Waals surface area contributed by atoms with Gasteiger partial charge in [-0.3, -0.25) is 4.79 Å². The number of piperidine rings is 1. The molecule has 8 heteroatoms. The van der Waals surface area contributed by atoms with Gasteiger partial charge in [-0.2, -0.15) is 0 Å². The van der Waals surface area contributed by atoms with Crippen LogP contribution in [0.4, 0.5) is 16.2 Å². The van der Waals surface area contributed by atoms with Crippen molar-refractivity contribution >= 4 is 29.1 Å². The number of likely N-dealkylation sites (tertiary alicyclic amines) is 3. The van der Waals surface area contributed by atoms with E-state index >= 15 is 0 Å². The Morgan fingerprint density at radius 2 is 1.46 bits per heavy atom. The first-order chi connectivity index (χ1) is 19.7. The first-order valence-corrected chi connectivity index (χ1v) is 16.1. The van der Waals surface area contributed by atoms with Crippen LogP contribution in [0.25, 0.3) is 0 Å². The predicted octanol–water partition coefficient (Wildman–Crippen LogP) is 5.88. The maximum absolute atomic E-state index is 14.0. The predicted molar refractivity (Wildman–Crippen MR) is 164 cm³/mol. The summed E-state index contributed by atoms with van der Waals surface area (Å²) in [5.74, 6) is 1.05. The number of nitrogens with zero attached hydrogens (tertiary/aromatic N) is 4. The molecule has 1 saturated carbocycles. The number of carbonyl (C=O) groups is 2. The summed E-state index contributed by atoms with van der Waals surface area (Å²) in [6.07, 6.45) is 12.2. The maximum atomic E-state index is 14.0. The summed E-state index contributed by atoms with van der Waals surface area (Å²) in [6, 6.07) is 8.31. The molecule has 8 nitrogen and oxygen atoms in total. The SMILES string of the molecule is CC(C)(C)OC(=O)N1CC2CN(C(=O)C(CC3CCN(C4CCCCCCC4)CC3)=Nc3ccccc3N)CC2C1. The molecule has 1 aromatic rings. The van der Waals surface area contributed by atoms with E-state index in [0.29, 0.717) is 55.6 Å². The molecule has 2 unspecified atom stereocenters. The monoisotopic (exact) mass is 565 g/mol. The number of fused-ring (bicyclic) bond motifs is 1. The molecule has 226 valence electrons. The molecular formula is C33H51N5O3. The molecule has 2 amide bonds. The van der Waals surface area contributed by atoms with Gasteiger partial charge in [-0.25, -0.2) is 9.79 Å². The minimum atomic E-state index is -0.507. The largest absolute Gasteiger partial charge is 0.444 e. The van der Waals surface area contributed by atoms with Crippen molar-refractivity contribution in [2.24, 2.45) is 22.7 Å². The van der Waals surface area contributed by atoms with Gasteiger partial charge in [-0.1, -0.05) is 44.2 Å². The molecule has 2 N–H and O–H groups in total. The average molecular weight is 566 g/mol. The third kappa shape index (κ3) is 7.82. The highest BCUT2D eigenvalue weighted by Gasteiger charge is 2.44. The van der Waals surface area contributed by atoms with Gasteiger partial charge in [0.15, 0.2) is 0 Å². The fraction of sp³-hybridized carbons (Fsp3) is 0.727. The van der Waals surface area contributed by atoms with Crippen LogP contribution in [0.1, 0.15) is 85.0 Å². The number of hydrogen-bond donors (Lipinski definition) is 1. The zero-order chi connectivity index (χ0) is 29.0. The highest BCUT2D eigenvalue weighted by atomic mass is 16.6. The second kappa shape index (κ2) is 13.1. The molecule has 5 rings (SSSR count). The zero-order valence-electron chi connectivity index (χ0n) is 25.5. The summed E-state index contributed by atoms with van der Waals surface area (Å²) in [5.41, 5.74) is 7.66. The van der Waals surface area contributed by atoms with E-state index in [-0.39, 0.29) is 23.8 Å². The number of hydrogen-bond acceptors (Lipinski definition) is 6. The average Bonchev–Trinajstić information content (AvgIpc) is 3.49. The Morgan fingerprint density at radius 3 is 2.07 bits per heavy atom. The van der Waals surface area contributed by atoms with Crippen molar-refractivity contribution in [3.8, 4) is 0 Å². The number of aliphatic imine (C=N–C) groups is 1. The van der Waals surface area contributed by atoms with Crippen LogP contribution in [-0.2, 0) is 9.53 Å². The lowest BCUT2D eigenvalue weighted by Crippen LogP contribution is -2.43. The maximum Gasteiger partial charge on any atom is 0.410 e. The van der Waals surface area contributed by atoms with Crippen molar-refractivity contribution in [2.75, 3.05) is 45.0 Å². The van der Waals surface area contributed by atoms with Crippen molar-refractivity contribution in [1.29, 1.82) is 0 Å². The Bertz CT molecular complexity index is 1070. The minimum Gasteiger partial charge on any atom is -0.444 e. The molecule has 2 atom stereocenters. The molecule has 1 aromatic carbocycles. The highest BCUT2D eigenvalue weighted by Crippen LogP contribution is 2.34. The van der Waals surface area contributed by atoms with E-state index in [1.54, 1.807) is 0 Å². The number of ether oxygens (including phenoxy) is 1. The van der Waals surface area contributed by atoms with Gasteiger partial charge in [-0.05, 0) is 84.0 Å². The Labute approximate surface area is 246 Å². The van der Waals surface area contributed by atoms with E-state index in [0.717, 1.165) is 32.0 Å². The Morgan fingerprint density at radius 1 is 0.878 bits per heavy atom. The van der Waals surface area contributed by atoms with Crippen LogP contribution >= 0.6 is 0 Å². The summed E-state index contributed by atoms with van der Waals surface area (Å²) in [4.78, 5) is 38.0. The van der Waals surface area contributed by atoms with E-state index < -0.39 is 5.60 Å². The molecule has 0 bridgehead atoms. The van der Waals surface area contributed by atoms with Gasteiger partial charge in [0.1, 0.15) is 11.3 Å². The number of nitrogen functional groups attached to an aromatic ring is 1. The molecule has 3 saturated heterocycles. The standard InChI is InChI=1S/C33H51N5O3/c1-33(2,3)41-32(40)38-22-25-20-37(21-26(25)23-38)31(39)30(35-29-14-10-9-13-28(29)34)19-24-15-17-36(18-16-24)27-11-7-5-4-6-8-12-27/h9-10,13-14,24-27H,4-8,11-12,15-23,34H2,1-3H3. The van der Waals surface area contributed by atoms with Gasteiger partial charge in [0.2, 0.25) is 0 Å². The van der Waals surface area contributed by atoms with Gasteiger partial charge in [-0.15, -0.1) is 0 Å². The lowest BCUT2D eigenvalue weighted by atomic mass is 9.88. The molecule has 0 radical (unpaired) electrons. The summed E-state index contributed by atoms with van der Waals surface area (Å²) < 4.78 is 5.59. The molecule has 3 heterocycles. The Kier molecular flexibility index (Phi) is 9.57. The molecule has 4 aliphatic rings. The van der Waals surface area contributed by atoms with Crippen molar-refractivity contribution in [3.63, 3.8) is 0 Å². The van der Waals surface area contributed by atoms with Crippen LogP contribution in [0.5, 0.6) is 0 Å². The summed E-state index contributed by atoms with van der Waals surface area (Å²) in [5, 5.41) is 0. The fourth-order valence-electron chi connectivity index (χ4n) is 7.33. The third-order valence-electron chi connectivity index (χ3n) is 9.59. The lowest BCUT2D eigenvalue weighted by molar-refractivity contribution is -0.123. The van der Waals surface area contributed by atoms with E-state index in [9.17, 15) is 9.59 Å². The summed E-state index contributed by atoms with van der Waals surface area (Å²) in [6.45, 7) is 10.5. The van der Waals surface area contributed by atoms with Gasteiger partial charge in [0, 0.05) is 44.1 Å². The second-order valence-electron chi connectivity index (χ2n) is 13.9. The van der Waals surface area contributed by atoms with Crippen molar-refractivity contribution < 1.29 is 14.3 Å². The van der Waals surface area contributed by atoms with Gasteiger partial charge < -0.3 is 25.2 Å². The topological polar surface area (TPSA) is 91.5 Å². The number of amides is 2. The van der Waals surface area contributed by atoms with E-state index in [4.69, 9.17) is 15.5 Å². The number of rotatable bonds is 5. The smallest absolute Gasteiger partial charge is 0.410 e. The number of anilines is 1. The van der Waals surface area contributed by atoms with Gasteiger partial charge in [0.05, 0.1) is 11.4 Å². The van der Waals surface area contributed by atoms with Crippen LogP contribution < -0.4 is 5.73 Å². The molecule has 41 heavy (non-hydrogen) atoms. The Balaban J connectivity index is 1.22. The zero-order valence-corrected chi connectivity index (χ0v) is 25.5. The van der Waals surface area contributed by atoms with E-state index in [1.165, 1.54) is 44.9 Å². The number of benzene rings is 1. The summed E-state index contributed by atoms with van der Waals surface area (Å²) in [7, 11) is 0. The van der Waals surface area contributed by atoms with Crippen LogP contribution in [0, 0.1) is 17.8 Å². The van der Waals surface area contributed by atoms with Crippen LogP contribution in [0.2, 0.25) is 0 Å². The quantitative estimate of drug-likeness (QED) is 0.356. The minimum absolute atomic E-state index is 0.0360. The first kappa shape index (κ1) is 29.9. The van der Waals surface area contributed by atoms with Crippen molar-refractivity contribution in [3.05, 3.63) is 24.3 Å². The molecule has 1 aliphatic carbocycles. The van der Waals surface area contributed by atoms with E-state index in [1.807, 2.05) is 54.8 Å². The molecule has 3 aliphatic heterocycles. The number of para-hydroxylation sites is 2. The summed E-state index contributed by atoms with van der Waals surface area (Å²) >= 11 is 0. The number of carbonyl (C=O) groups excluding carboxylic acids is 2.